The van der Waals surface area contributed by atoms with E-state index in [9.17, 15) is 18.0 Å². The van der Waals surface area contributed by atoms with Crippen LogP contribution in [0, 0.1) is 0 Å². The lowest BCUT2D eigenvalue weighted by Crippen LogP contribution is -2.12. The van der Waals surface area contributed by atoms with Crippen LogP contribution in [0.5, 0.6) is 0 Å². The van der Waals surface area contributed by atoms with Gasteiger partial charge in [-0.25, -0.2) is 0 Å². The number of anilines is 1. The maximum absolute atomic E-state index is 12.4. The van der Waals surface area contributed by atoms with Crippen LogP contribution in [0.3, 0.4) is 0 Å². The van der Waals surface area contributed by atoms with E-state index in [1.54, 1.807) is 0 Å². The largest absolute Gasteiger partial charge is 0.416 e. The number of H-pyrrole nitrogens is 1. The molecule has 2 aromatic rings. The van der Waals surface area contributed by atoms with Gasteiger partial charge in [-0.1, -0.05) is 12.1 Å². The number of halogens is 3. The van der Waals surface area contributed by atoms with Gasteiger partial charge in [0, 0.05) is 11.6 Å². The Bertz CT molecular complexity index is 607. The topological polar surface area (TPSA) is 57.8 Å². The van der Waals surface area contributed by atoms with E-state index in [-0.39, 0.29) is 11.7 Å². The molecule has 4 nitrogen and oxygen atoms in total. The summed E-state index contributed by atoms with van der Waals surface area (Å²) in [5.41, 5.74) is 0.231. The van der Waals surface area contributed by atoms with Gasteiger partial charge in [-0.15, -0.1) is 0 Å². The number of rotatable bonds is 3. The van der Waals surface area contributed by atoms with Crippen molar-refractivity contribution in [1.29, 1.82) is 0 Å². The Morgan fingerprint density at radius 3 is 2.50 bits per heavy atom. The number of hydrogen-bond donors (Lipinski definition) is 3. The summed E-state index contributed by atoms with van der Waals surface area (Å²) in [6, 6.07) is 6.14. The fraction of sp³-hybridized carbons (Fsp3) is 0.167. The average molecular weight is 301 g/mol. The highest BCUT2D eigenvalue weighted by Gasteiger charge is 2.30. The minimum absolute atomic E-state index is 0.0225. The zero-order valence-corrected chi connectivity index (χ0v) is 10.9. The number of carbonyl (C=O) groups excluding carboxylic acids is 1. The number of amides is 1. The van der Waals surface area contributed by atoms with E-state index in [0.717, 1.165) is 12.1 Å². The second kappa shape index (κ2) is 5.58. The third-order valence-electron chi connectivity index (χ3n) is 2.50. The summed E-state index contributed by atoms with van der Waals surface area (Å²) in [4.78, 5) is 11.1. The number of thiol groups is 1. The van der Waals surface area contributed by atoms with Gasteiger partial charge in [0.2, 0.25) is 5.91 Å². The number of aromatic nitrogens is 2. The first-order valence-corrected chi connectivity index (χ1v) is 6.17. The molecule has 1 amide bonds. The van der Waals surface area contributed by atoms with Gasteiger partial charge in [0.05, 0.1) is 17.0 Å². The molecule has 0 aliphatic heterocycles. The van der Waals surface area contributed by atoms with Crippen LogP contribution in [-0.2, 0) is 11.0 Å². The Morgan fingerprint density at radius 2 is 1.95 bits per heavy atom. The summed E-state index contributed by atoms with van der Waals surface area (Å²) in [6.45, 7) is 0. The molecule has 2 rings (SSSR count). The molecule has 0 atom stereocenters. The maximum Gasteiger partial charge on any atom is 0.416 e. The Hall–Kier alpha value is -1.96. The predicted molar refractivity (Wildman–Crippen MR) is 71.5 cm³/mol. The molecule has 20 heavy (non-hydrogen) atoms. The molecule has 0 spiro atoms. The lowest BCUT2D eigenvalue weighted by molar-refractivity contribution is -0.137. The number of aromatic amines is 1. The zero-order chi connectivity index (χ0) is 14.8. The van der Waals surface area contributed by atoms with Gasteiger partial charge in [0.15, 0.2) is 0 Å². The van der Waals surface area contributed by atoms with Crippen molar-refractivity contribution in [1.82, 2.24) is 10.2 Å². The third kappa shape index (κ3) is 3.32. The smallest absolute Gasteiger partial charge is 0.310 e. The fourth-order valence-corrected chi connectivity index (χ4v) is 1.63. The average Bonchev–Trinajstić information content (AvgIpc) is 2.86. The monoisotopic (exact) mass is 301 g/mol. The second-order valence-corrected chi connectivity index (χ2v) is 4.26. The molecule has 1 aromatic heterocycles. The molecule has 0 saturated carbocycles. The highest BCUT2D eigenvalue weighted by atomic mass is 32.1. The van der Waals surface area contributed by atoms with Crippen molar-refractivity contribution in [3.05, 3.63) is 35.9 Å². The molecular weight excluding hydrogens is 291 g/mol. The van der Waals surface area contributed by atoms with Crippen LogP contribution in [0.15, 0.2) is 30.3 Å². The molecule has 0 bridgehead atoms. The SMILES string of the molecule is O=C(CS)Nc1cc(-c2ccc(C(F)(F)F)cc2)n[nH]1. The Kier molecular flexibility index (Phi) is 4.03. The summed E-state index contributed by atoms with van der Waals surface area (Å²) < 4.78 is 37.3. The van der Waals surface area contributed by atoms with Gasteiger partial charge < -0.3 is 5.32 Å². The number of alkyl halides is 3. The third-order valence-corrected chi connectivity index (χ3v) is 2.79. The Balaban J connectivity index is 2.18. The van der Waals surface area contributed by atoms with Gasteiger partial charge >= 0.3 is 6.18 Å². The number of nitrogens with zero attached hydrogens (tertiary/aromatic N) is 1. The van der Waals surface area contributed by atoms with E-state index in [2.05, 4.69) is 28.1 Å². The zero-order valence-electron chi connectivity index (χ0n) is 10.0. The quantitative estimate of drug-likeness (QED) is 0.763. The number of benzene rings is 1. The summed E-state index contributed by atoms with van der Waals surface area (Å²) in [6.07, 6.45) is -4.37. The Morgan fingerprint density at radius 1 is 1.30 bits per heavy atom. The summed E-state index contributed by atoms with van der Waals surface area (Å²) in [5.74, 6) is 0.0733. The molecule has 0 aliphatic carbocycles. The van der Waals surface area contributed by atoms with Crippen LogP contribution in [0.4, 0.5) is 19.0 Å². The standard InChI is InChI=1S/C12H10F3N3OS/c13-12(14,15)8-3-1-7(2-4-8)9-5-10(18-17-9)16-11(19)6-20/h1-5,20H,6H2,(H2,16,17,18,19). The maximum atomic E-state index is 12.4. The lowest BCUT2D eigenvalue weighted by Gasteiger charge is -2.06. The summed E-state index contributed by atoms with van der Waals surface area (Å²) in [7, 11) is 0. The molecular formula is C12H10F3N3OS. The molecule has 8 heteroatoms. The molecule has 0 radical (unpaired) electrons. The van der Waals surface area contributed by atoms with Crippen molar-refractivity contribution in [3.63, 3.8) is 0 Å². The van der Waals surface area contributed by atoms with Crippen molar-refractivity contribution in [2.75, 3.05) is 11.1 Å². The van der Waals surface area contributed by atoms with Crippen molar-refractivity contribution in [2.24, 2.45) is 0 Å². The van der Waals surface area contributed by atoms with E-state index in [4.69, 9.17) is 0 Å². The molecule has 0 unspecified atom stereocenters. The van der Waals surface area contributed by atoms with Crippen molar-refractivity contribution in [3.8, 4) is 11.3 Å². The molecule has 0 saturated heterocycles. The van der Waals surface area contributed by atoms with Crippen LogP contribution in [0.1, 0.15) is 5.56 Å². The molecule has 1 heterocycles. The van der Waals surface area contributed by atoms with E-state index in [1.807, 2.05) is 0 Å². The number of carbonyl (C=O) groups is 1. The van der Waals surface area contributed by atoms with E-state index < -0.39 is 11.7 Å². The van der Waals surface area contributed by atoms with E-state index in [0.29, 0.717) is 17.1 Å². The van der Waals surface area contributed by atoms with Crippen LogP contribution < -0.4 is 5.32 Å². The van der Waals surface area contributed by atoms with Crippen molar-refractivity contribution < 1.29 is 18.0 Å². The second-order valence-electron chi connectivity index (χ2n) is 3.95. The molecule has 106 valence electrons. The van der Waals surface area contributed by atoms with Crippen LogP contribution in [-0.4, -0.2) is 21.9 Å². The minimum atomic E-state index is -4.37. The van der Waals surface area contributed by atoms with Gasteiger partial charge in [-0.05, 0) is 12.1 Å². The van der Waals surface area contributed by atoms with Crippen LogP contribution >= 0.6 is 12.6 Å². The summed E-state index contributed by atoms with van der Waals surface area (Å²) in [5, 5.41) is 9.00. The number of nitrogens with one attached hydrogen (secondary N) is 2. The van der Waals surface area contributed by atoms with Crippen molar-refractivity contribution >= 4 is 24.4 Å². The van der Waals surface area contributed by atoms with Crippen LogP contribution in [0.2, 0.25) is 0 Å². The first-order chi connectivity index (χ1) is 9.40. The summed E-state index contributed by atoms with van der Waals surface area (Å²) >= 11 is 3.81. The van der Waals surface area contributed by atoms with Gasteiger partial charge in [-0.2, -0.15) is 30.9 Å². The fourth-order valence-electron chi connectivity index (χ4n) is 1.55. The molecule has 2 N–H and O–H groups in total. The van der Waals surface area contributed by atoms with E-state index >= 15 is 0 Å². The highest BCUT2D eigenvalue weighted by molar-refractivity contribution is 7.81. The van der Waals surface area contributed by atoms with Gasteiger partial charge in [0.25, 0.3) is 0 Å². The number of hydrogen-bond acceptors (Lipinski definition) is 3. The van der Waals surface area contributed by atoms with Crippen LogP contribution in [0.25, 0.3) is 11.3 Å². The normalized spacial score (nSPS) is 11.4. The van der Waals surface area contributed by atoms with Crippen molar-refractivity contribution in [2.45, 2.75) is 6.18 Å². The predicted octanol–water partition coefficient (Wildman–Crippen LogP) is 2.96. The lowest BCUT2D eigenvalue weighted by atomic mass is 10.1. The molecule has 0 fully saturated rings. The molecule has 0 aliphatic rings. The van der Waals surface area contributed by atoms with E-state index in [1.165, 1.54) is 18.2 Å². The minimum Gasteiger partial charge on any atom is -0.310 e. The van der Waals surface area contributed by atoms with Gasteiger partial charge in [-0.3, -0.25) is 9.89 Å². The first-order valence-electron chi connectivity index (χ1n) is 5.54. The molecule has 1 aromatic carbocycles. The first kappa shape index (κ1) is 14.4. The highest BCUT2D eigenvalue weighted by Crippen LogP contribution is 2.30. The van der Waals surface area contributed by atoms with Gasteiger partial charge in [0.1, 0.15) is 5.82 Å². The Labute approximate surface area is 117 Å².